The second kappa shape index (κ2) is 5.56. The van der Waals surface area contributed by atoms with Gasteiger partial charge in [-0.05, 0) is 19.3 Å². The largest absolute Gasteiger partial charge is 0.350 e. The average Bonchev–Trinajstić information content (AvgIpc) is 2.66. The SMILES string of the molecule is CCCc1nn(C)c(N2CCCC(N)C2)c1[N+](=O)[O-]. The van der Waals surface area contributed by atoms with Crippen LogP contribution in [0.2, 0.25) is 0 Å². The fourth-order valence-corrected chi connectivity index (χ4v) is 2.71. The van der Waals surface area contributed by atoms with E-state index < -0.39 is 0 Å². The molecule has 2 rings (SSSR count). The first-order valence-electron chi connectivity index (χ1n) is 6.75. The van der Waals surface area contributed by atoms with Gasteiger partial charge in [0.25, 0.3) is 0 Å². The number of hydrogen-bond donors (Lipinski definition) is 1. The molecule has 2 N–H and O–H groups in total. The molecule has 19 heavy (non-hydrogen) atoms. The van der Waals surface area contributed by atoms with Crippen molar-refractivity contribution >= 4 is 11.5 Å². The summed E-state index contributed by atoms with van der Waals surface area (Å²) in [5.74, 6) is 0.601. The second-order valence-corrected chi connectivity index (χ2v) is 5.10. The van der Waals surface area contributed by atoms with Crippen LogP contribution in [0.5, 0.6) is 0 Å². The fraction of sp³-hybridized carbons (Fsp3) is 0.750. The van der Waals surface area contributed by atoms with Gasteiger partial charge in [-0.25, -0.2) is 4.68 Å². The summed E-state index contributed by atoms with van der Waals surface area (Å²) in [5.41, 5.74) is 6.69. The van der Waals surface area contributed by atoms with Gasteiger partial charge in [0.05, 0.1) is 4.92 Å². The first-order valence-corrected chi connectivity index (χ1v) is 6.75. The van der Waals surface area contributed by atoms with Crippen molar-refractivity contribution in [3.8, 4) is 0 Å². The van der Waals surface area contributed by atoms with Gasteiger partial charge in [-0.2, -0.15) is 5.10 Å². The van der Waals surface area contributed by atoms with Crippen molar-refractivity contribution in [3.05, 3.63) is 15.8 Å². The highest BCUT2D eigenvalue weighted by Gasteiger charge is 2.31. The molecule has 0 bridgehead atoms. The predicted molar refractivity (Wildman–Crippen MR) is 73.3 cm³/mol. The minimum atomic E-state index is -0.312. The Labute approximate surface area is 112 Å². The monoisotopic (exact) mass is 267 g/mol. The molecule has 1 fully saturated rings. The molecule has 1 aromatic rings. The number of hydrogen-bond acceptors (Lipinski definition) is 5. The molecule has 1 unspecified atom stereocenters. The van der Waals surface area contributed by atoms with Crippen LogP contribution in [0.15, 0.2) is 0 Å². The highest BCUT2D eigenvalue weighted by atomic mass is 16.6. The van der Waals surface area contributed by atoms with Crippen molar-refractivity contribution in [1.82, 2.24) is 9.78 Å². The summed E-state index contributed by atoms with van der Waals surface area (Å²) in [7, 11) is 1.77. The number of rotatable bonds is 4. The molecule has 1 aliphatic heterocycles. The molecular weight excluding hydrogens is 246 g/mol. The van der Waals surface area contributed by atoms with Crippen LogP contribution in [0, 0.1) is 10.1 Å². The molecule has 0 spiro atoms. The fourth-order valence-electron chi connectivity index (χ4n) is 2.71. The number of piperidine rings is 1. The molecule has 7 heteroatoms. The van der Waals surface area contributed by atoms with Gasteiger partial charge in [-0.15, -0.1) is 0 Å². The van der Waals surface area contributed by atoms with E-state index in [1.54, 1.807) is 11.7 Å². The summed E-state index contributed by atoms with van der Waals surface area (Å²) in [4.78, 5) is 13.0. The third kappa shape index (κ3) is 2.70. The lowest BCUT2D eigenvalue weighted by molar-refractivity contribution is -0.384. The summed E-state index contributed by atoms with van der Waals surface area (Å²) in [6, 6.07) is 0.0814. The average molecular weight is 267 g/mol. The normalized spacial score (nSPS) is 19.7. The Bertz CT molecular complexity index is 471. The van der Waals surface area contributed by atoms with Crippen molar-refractivity contribution in [2.24, 2.45) is 12.8 Å². The standard InChI is InChI=1S/C12H21N5O2/c1-3-5-10-11(17(18)19)12(15(2)14-10)16-7-4-6-9(13)8-16/h9H,3-8,13H2,1-2H3. The summed E-state index contributed by atoms with van der Waals surface area (Å²) < 4.78 is 1.63. The molecule has 0 aliphatic carbocycles. The Morgan fingerprint density at radius 1 is 1.58 bits per heavy atom. The maximum absolute atomic E-state index is 11.3. The van der Waals surface area contributed by atoms with Gasteiger partial charge in [0.1, 0.15) is 5.69 Å². The zero-order valence-electron chi connectivity index (χ0n) is 11.5. The molecule has 0 saturated carbocycles. The minimum absolute atomic E-state index is 0.0814. The van der Waals surface area contributed by atoms with Crippen LogP contribution < -0.4 is 10.6 Å². The second-order valence-electron chi connectivity index (χ2n) is 5.10. The maximum atomic E-state index is 11.3. The van der Waals surface area contributed by atoms with Gasteiger partial charge < -0.3 is 10.6 Å². The van der Waals surface area contributed by atoms with Crippen molar-refractivity contribution in [1.29, 1.82) is 0 Å². The lowest BCUT2D eigenvalue weighted by Gasteiger charge is -2.31. The number of aryl methyl sites for hydroxylation is 2. The molecule has 0 aromatic carbocycles. The Morgan fingerprint density at radius 3 is 2.89 bits per heavy atom. The molecular formula is C12H21N5O2. The summed E-state index contributed by atoms with van der Waals surface area (Å²) in [6.45, 7) is 3.46. The van der Waals surface area contributed by atoms with Gasteiger partial charge in [-0.3, -0.25) is 10.1 Å². The number of aromatic nitrogens is 2. The minimum Gasteiger partial charge on any atom is -0.350 e. The molecule has 1 aromatic heterocycles. The molecule has 1 aliphatic rings. The number of nitrogens with zero attached hydrogens (tertiary/aromatic N) is 4. The van der Waals surface area contributed by atoms with Crippen molar-refractivity contribution in [2.45, 2.75) is 38.6 Å². The van der Waals surface area contributed by atoms with E-state index in [-0.39, 0.29) is 16.7 Å². The van der Waals surface area contributed by atoms with Crippen LogP contribution >= 0.6 is 0 Å². The van der Waals surface area contributed by atoms with E-state index >= 15 is 0 Å². The van der Waals surface area contributed by atoms with E-state index in [2.05, 4.69) is 5.10 Å². The first-order chi connectivity index (χ1) is 9.04. The van der Waals surface area contributed by atoms with E-state index in [4.69, 9.17) is 5.73 Å². The van der Waals surface area contributed by atoms with E-state index in [0.29, 0.717) is 24.5 Å². The quantitative estimate of drug-likeness (QED) is 0.654. The van der Waals surface area contributed by atoms with E-state index in [0.717, 1.165) is 25.8 Å². The van der Waals surface area contributed by atoms with Gasteiger partial charge in [-0.1, -0.05) is 13.3 Å². The van der Waals surface area contributed by atoms with Crippen LogP contribution in [0.3, 0.4) is 0 Å². The molecule has 0 radical (unpaired) electrons. The van der Waals surface area contributed by atoms with E-state index in [9.17, 15) is 10.1 Å². The van der Waals surface area contributed by atoms with Crippen molar-refractivity contribution in [3.63, 3.8) is 0 Å². The third-order valence-corrected chi connectivity index (χ3v) is 3.49. The smallest absolute Gasteiger partial charge is 0.334 e. The Kier molecular flexibility index (Phi) is 4.04. The lowest BCUT2D eigenvalue weighted by Crippen LogP contribution is -2.43. The summed E-state index contributed by atoms with van der Waals surface area (Å²) >= 11 is 0. The van der Waals surface area contributed by atoms with E-state index in [1.165, 1.54) is 0 Å². The third-order valence-electron chi connectivity index (χ3n) is 3.49. The maximum Gasteiger partial charge on any atom is 0.334 e. The summed E-state index contributed by atoms with van der Waals surface area (Å²) in [6.07, 6.45) is 3.41. The molecule has 0 amide bonds. The predicted octanol–water partition coefficient (Wildman–Crippen LogP) is 1.21. The van der Waals surface area contributed by atoms with E-state index in [1.807, 2.05) is 11.8 Å². The molecule has 2 heterocycles. The molecule has 106 valence electrons. The zero-order chi connectivity index (χ0) is 14.0. The van der Waals surface area contributed by atoms with Crippen LogP contribution in [0.4, 0.5) is 11.5 Å². The van der Waals surface area contributed by atoms with Gasteiger partial charge in [0.2, 0.25) is 5.82 Å². The molecule has 1 saturated heterocycles. The van der Waals surface area contributed by atoms with Crippen LogP contribution in [-0.2, 0) is 13.5 Å². The topological polar surface area (TPSA) is 90.2 Å². The molecule has 1 atom stereocenters. The van der Waals surface area contributed by atoms with Crippen molar-refractivity contribution < 1.29 is 4.92 Å². The number of nitrogens with two attached hydrogens (primary N) is 1. The van der Waals surface area contributed by atoms with Crippen LogP contribution in [0.1, 0.15) is 31.9 Å². The first kappa shape index (κ1) is 13.8. The highest BCUT2D eigenvalue weighted by Crippen LogP contribution is 2.33. The number of nitro groups is 1. The summed E-state index contributed by atoms with van der Waals surface area (Å²) in [5, 5.41) is 15.7. The Morgan fingerprint density at radius 2 is 2.32 bits per heavy atom. The highest BCUT2D eigenvalue weighted by molar-refractivity contribution is 5.62. The van der Waals surface area contributed by atoms with Crippen molar-refractivity contribution in [2.75, 3.05) is 18.0 Å². The van der Waals surface area contributed by atoms with Crippen LogP contribution in [0.25, 0.3) is 0 Å². The number of anilines is 1. The van der Waals surface area contributed by atoms with Gasteiger partial charge in [0, 0.05) is 26.2 Å². The van der Waals surface area contributed by atoms with Gasteiger partial charge >= 0.3 is 5.69 Å². The van der Waals surface area contributed by atoms with Crippen LogP contribution in [-0.4, -0.2) is 33.8 Å². The lowest BCUT2D eigenvalue weighted by atomic mass is 10.1. The Balaban J connectivity index is 2.40. The zero-order valence-corrected chi connectivity index (χ0v) is 11.5. The molecule has 7 nitrogen and oxygen atoms in total. The Hall–Kier alpha value is -1.63. The van der Waals surface area contributed by atoms with Gasteiger partial charge in [0.15, 0.2) is 0 Å².